The van der Waals surface area contributed by atoms with Crippen molar-refractivity contribution in [1.82, 2.24) is 14.9 Å². The molecule has 2 amide bonds. The lowest BCUT2D eigenvalue weighted by Crippen LogP contribution is -2.27. The predicted molar refractivity (Wildman–Crippen MR) is 149 cm³/mol. The van der Waals surface area contributed by atoms with Crippen LogP contribution < -0.4 is 5.43 Å². The molecular weight excluding hydrogens is 480 g/mol. The maximum Gasteiger partial charge on any atom is 0.271 e. The molecule has 1 fully saturated rings. The summed E-state index contributed by atoms with van der Waals surface area (Å²) in [5, 5.41) is 4.13. The largest absolute Gasteiger partial charge is 0.322 e. The van der Waals surface area contributed by atoms with Gasteiger partial charge in [0.05, 0.1) is 12.0 Å². The molecule has 0 radical (unpaired) electrons. The average molecular weight is 509 g/mol. The van der Waals surface area contributed by atoms with Crippen LogP contribution in [0, 0.1) is 13.8 Å². The van der Waals surface area contributed by atoms with Crippen LogP contribution in [0.5, 0.6) is 0 Å². The van der Waals surface area contributed by atoms with Crippen LogP contribution in [0.15, 0.2) is 96.1 Å². The van der Waals surface area contributed by atoms with Gasteiger partial charge in [-0.25, -0.2) is 5.43 Å². The molecule has 37 heavy (non-hydrogen) atoms. The first-order valence-corrected chi connectivity index (χ1v) is 13.2. The van der Waals surface area contributed by atoms with Crippen LogP contribution in [0.4, 0.5) is 0 Å². The van der Waals surface area contributed by atoms with Gasteiger partial charge in [0.15, 0.2) is 0 Å². The number of nitrogens with one attached hydrogen (secondary N) is 1. The molecule has 1 aromatic heterocycles. The standard InChI is InChI=1S/C30H28N4O2S/c1-21-17-26(22(2)34(21)27-11-7-4-8-12-27)18-31-32-29(36)24-13-15-25(16-14-24)30-33(28(35)20-37-30)19-23-9-5-3-6-10-23/h3-18,30H,19-20H2,1-2H3,(H,32,36)/b31-18-/t30-/m1/s1. The molecule has 4 aromatic rings. The lowest BCUT2D eigenvalue weighted by Gasteiger charge is -2.24. The minimum absolute atomic E-state index is 0.0669. The smallest absolute Gasteiger partial charge is 0.271 e. The number of nitrogens with zero attached hydrogens (tertiary/aromatic N) is 3. The summed E-state index contributed by atoms with van der Waals surface area (Å²) < 4.78 is 2.16. The van der Waals surface area contributed by atoms with Gasteiger partial charge in [-0.2, -0.15) is 5.10 Å². The second-order valence-corrected chi connectivity index (χ2v) is 10.1. The molecule has 0 aliphatic carbocycles. The van der Waals surface area contributed by atoms with E-state index >= 15 is 0 Å². The summed E-state index contributed by atoms with van der Waals surface area (Å²) >= 11 is 1.61. The number of para-hydroxylation sites is 1. The highest BCUT2D eigenvalue weighted by molar-refractivity contribution is 8.00. The topological polar surface area (TPSA) is 66.7 Å². The number of carbonyl (C=O) groups is 2. The first-order chi connectivity index (χ1) is 18.0. The highest BCUT2D eigenvalue weighted by Crippen LogP contribution is 2.39. The lowest BCUT2D eigenvalue weighted by atomic mass is 10.1. The molecule has 2 heterocycles. The SMILES string of the molecule is Cc1cc(/C=N\NC(=O)c2ccc([C@H]3SCC(=O)N3Cc3ccccc3)cc2)c(C)n1-c1ccccc1. The quantitative estimate of drug-likeness (QED) is 0.260. The maximum atomic E-state index is 12.7. The molecule has 5 rings (SSSR count). The van der Waals surface area contributed by atoms with Gasteiger partial charge in [0.25, 0.3) is 5.91 Å². The van der Waals surface area contributed by atoms with Gasteiger partial charge in [-0.1, -0.05) is 60.7 Å². The summed E-state index contributed by atoms with van der Waals surface area (Å²) in [5.41, 5.74) is 9.42. The fourth-order valence-electron chi connectivity index (χ4n) is 4.60. The van der Waals surface area contributed by atoms with E-state index in [1.54, 1.807) is 30.1 Å². The van der Waals surface area contributed by atoms with Crippen molar-refractivity contribution in [3.8, 4) is 5.69 Å². The molecule has 1 atom stereocenters. The number of carbonyl (C=O) groups excluding carboxylic acids is 2. The van der Waals surface area contributed by atoms with Crippen molar-refractivity contribution in [2.24, 2.45) is 5.10 Å². The van der Waals surface area contributed by atoms with Gasteiger partial charge < -0.3 is 9.47 Å². The zero-order valence-electron chi connectivity index (χ0n) is 20.8. The number of aromatic nitrogens is 1. The highest BCUT2D eigenvalue weighted by atomic mass is 32.2. The van der Waals surface area contributed by atoms with Crippen molar-refractivity contribution >= 4 is 29.8 Å². The number of hydrazone groups is 1. The van der Waals surface area contributed by atoms with Crippen LogP contribution in [-0.4, -0.2) is 33.2 Å². The Morgan fingerprint density at radius 1 is 1.00 bits per heavy atom. The van der Waals surface area contributed by atoms with Crippen molar-refractivity contribution in [2.45, 2.75) is 25.8 Å². The molecular formula is C30H28N4O2S. The molecule has 6 nitrogen and oxygen atoms in total. The molecule has 1 aliphatic heterocycles. The van der Waals surface area contributed by atoms with Gasteiger partial charge in [0, 0.05) is 34.7 Å². The molecule has 3 aromatic carbocycles. The van der Waals surface area contributed by atoms with Crippen molar-refractivity contribution < 1.29 is 9.59 Å². The van der Waals surface area contributed by atoms with Crippen LogP contribution in [0.1, 0.15) is 43.8 Å². The molecule has 0 spiro atoms. The normalized spacial score (nSPS) is 15.5. The number of thioether (sulfide) groups is 1. The molecule has 186 valence electrons. The van der Waals surface area contributed by atoms with Crippen LogP contribution in [0.3, 0.4) is 0 Å². The van der Waals surface area contributed by atoms with E-state index < -0.39 is 0 Å². The fraction of sp³-hybridized carbons (Fsp3) is 0.167. The second kappa shape index (κ2) is 10.9. The van der Waals surface area contributed by atoms with Crippen LogP contribution in [-0.2, 0) is 11.3 Å². The van der Waals surface area contributed by atoms with Crippen LogP contribution >= 0.6 is 11.8 Å². The third-order valence-electron chi connectivity index (χ3n) is 6.48. The molecule has 1 aliphatic rings. The number of aryl methyl sites for hydroxylation is 1. The Morgan fingerprint density at radius 2 is 1.68 bits per heavy atom. The van der Waals surface area contributed by atoms with Crippen molar-refractivity contribution in [1.29, 1.82) is 0 Å². The van der Waals surface area contributed by atoms with E-state index in [-0.39, 0.29) is 17.2 Å². The summed E-state index contributed by atoms with van der Waals surface area (Å²) in [6.07, 6.45) is 1.68. The molecule has 0 unspecified atom stereocenters. The Morgan fingerprint density at radius 3 is 2.38 bits per heavy atom. The molecule has 7 heteroatoms. The fourth-order valence-corrected chi connectivity index (χ4v) is 5.79. The van der Waals surface area contributed by atoms with Gasteiger partial charge in [0.1, 0.15) is 5.37 Å². The molecule has 0 saturated carbocycles. The Balaban J connectivity index is 1.24. The van der Waals surface area contributed by atoms with E-state index in [0.717, 1.165) is 33.8 Å². The van der Waals surface area contributed by atoms with Gasteiger partial charge in [0.2, 0.25) is 5.91 Å². The van der Waals surface area contributed by atoms with Crippen molar-refractivity contribution in [3.63, 3.8) is 0 Å². The summed E-state index contributed by atoms with van der Waals surface area (Å²) in [4.78, 5) is 27.1. The highest BCUT2D eigenvalue weighted by Gasteiger charge is 2.32. The molecule has 1 saturated heterocycles. The molecule has 0 bridgehead atoms. The summed E-state index contributed by atoms with van der Waals surface area (Å²) in [7, 11) is 0. The monoisotopic (exact) mass is 508 g/mol. The Kier molecular flexibility index (Phi) is 7.23. The Hall–Kier alpha value is -4.10. The minimum atomic E-state index is -0.282. The summed E-state index contributed by atoms with van der Waals surface area (Å²) in [6.45, 7) is 4.66. The predicted octanol–water partition coefficient (Wildman–Crippen LogP) is 5.63. The van der Waals surface area contributed by atoms with Gasteiger partial charge in [-0.15, -0.1) is 11.8 Å². The summed E-state index contributed by atoms with van der Waals surface area (Å²) in [5.74, 6) is 0.303. The number of benzene rings is 3. The van der Waals surface area contributed by atoms with Gasteiger partial charge in [-0.05, 0) is 55.3 Å². The van der Waals surface area contributed by atoms with Crippen molar-refractivity contribution in [3.05, 3.63) is 125 Å². The lowest BCUT2D eigenvalue weighted by molar-refractivity contribution is -0.128. The zero-order chi connectivity index (χ0) is 25.8. The van der Waals surface area contributed by atoms with E-state index in [1.165, 1.54) is 0 Å². The first kappa shape index (κ1) is 24.6. The number of hydrogen-bond donors (Lipinski definition) is 1. The van der Waals surface area contributed by atoms with E-state index in [1.807, 2.05) is 72.5 Å². The van der Waals surface area contributed by atoms with E-state index in [9.17, 15) is 9.59 Å². The average Bonchev–Trinajstić information content (AvgIpc) is 3.42. The van der Waals surface area contributed by atoms with E-state index in [2.05, 4.69) is 40.2 Å². The first-order valence-electron chi connectivity index (χ1n) is 12.1. The zero-order valence-corrected chi connectivity index (χ0v) is 21.6. The third-order valence-corrected chi connectivity index (χ3v) is 7.73. The van der Waals surface area contributed by atoms with Crippen LogP contribution in [0.25, 0.3) is 5.69 Å². The second-order valence-electron chi connectivity index (χ2n) is 8.99. The third kappa shape index (κ3) is 5.37. The summed E-state index contributed by atoms with van der Waals surface area (Å²) in [6, 6.07) is 29.6. The number of amides is 2. The van der Waals surface area contributed by atoms with Crippen molar-refractivity contribution in [2.75, 3.05) is 5.75 Å². The van der Waals surface area contributed by atoms with E-state index in [0.29, 0.717) is 17.9 Å². The van der Waals surface area contributed by atoms with Gasteiger partial charge >= 0.3 is 0 Å². The van der Waals surface area contributed by atoms with E-state index in [4.69, 9.17) is 0 Å². The number of hydrogen-bond acceptors (Lipinski definition) is 4. The Bertz CT molecular complexity index is 1430. The molecule has 1 N–H and O–H groups in total. The minimum Gasteiger partial charge on any atom is -0.322 e. The van der Waals surface area contributed by atoms with Crippen LogP contribution in [0.2, 0.25) is 0 Å². The number of rotatable bonds is 7. The maximum absolute atomic E-state index is 12.7. The van der Waals surface area contributed by atoms with Gasteiger partial charge in [-0.3, -0.25) is 9.59 Å². The Labute approximate surface area is 221 Å².